The highest BCUT2D eigenvalue weighted by Crippen LogP contribution is 2.43. The summed E-state index contributed by atoms with van der Waals surface area (Å²) in [6, 6.07) is 1.98. The molecule has 132 valence electrons. The Morgan fingerprint density at radius 1 is 1.38 bits per heavy atom. The molecule has 0 aliphatic carbocycles. The summed E-state index contributed by atoms with van der Waals surface area (Å²) < 4.78 is 8.69. The monoisotopic (exact) mass is 396 g/mol. The summed E-state index contributed by atoms with van der Waals surface area (Å²) in [5.74, 6) is 0.592. The number of aliphatic hydroxyl groups is 1. The van der Waals surface area contributed by atoms with E-state index in [1.807, 2.05) is 11.0 Å². The zero-order valence-corrected chi connectivity index (χ0v) is 15.6. The lowest BCUT2D eigenvalue weighted by molar-refractivity contribution is -0.0122. The van der Waals surface area contributed by atoms with Crippen LogP contribution in [0, 0.1) is 11.3 Å². The Hall–Kier alpha value is -0.850. The maximum atomic E-state index is 13.1. The SMILES string of the molecule is O=C(c1cc(Br)n2c1CCC2)N1CCC(CO)(C2CCOCC2)C1. The molecule has 0 aromatic carbocycles. The van der Waals surface area contributed by atoms with Gasteiger partial charge in [-0.1, -0.05) is 0 Å². The molecule has 2 fully saturated rings. The van der Waals surface area contributed by atoms with Gasteiger partial charge in [0.05, 0.1) is 16.8 Å². The molecule has 5 nitrogen and oxygen atoms in total. The van der Waals surface area contributed by atoms with Crippen molar-refractivity contribution in [2.75, 3.05) is 32.9 Å². The minimum atomic E-state index is -0.139. The molecule has 1 aromatic rings. The van der Waals surface area contributed by atoms with Crippen LogP contribution in [0.3, 0.4) is 0 Å². The lowest BCUT2D eigenvalue weighted by Crippen LogP contribution is -2.41. The topological polar surface area (TPSA) is 54.7 Å². The van der Waals surface area contributed by atoms with Crippen LogP contribution in [0.25, 0.3) is 0 Å². The highest BCUT2D eigenvalue weighted by molar-refractivity contribution is 9.10. The molecule has 0 radical (unpaired) electrons. The Morgan fingerprint density at radius 3 is 2.92 bits per heavy atom. The number of likely N-dealkylation sites (tertiary alicyclic amines) is 1. The molecule has 4 rings (SSSR count). The molecule has 1 atom stereocenters. The highest BCUT2D eigenvalue weighted by Gasteiger charge is 2.46. The second-order valence-corrected chi connectivity index (χ2v) is 8.28. The molecule has 0 saturated carbocycles. The van der Waals surface area contributed by atoms with Crippen LogP contribution in [0.4, 0.5) is 0 Å². The summed E-state index contributed by atoms with van der Waals surface area (Å²) >= 11 is 3.58. The molecule has 24 heavy (non-hydrogen) atoms. The molecule has 0 spiro atoms. The van der Waals surface area contributed by atoms with Crippen LogP contribution >= 0.6 is 15.9 Å². The normalized spacial score (nSPS) is 27.7. The molecule has 2 saturated heterocycles. The molecule has 1 amide bonds. The largest absolute Gasteiger partial charge is 0.396 e. The zero-order chi connectivity index (χ0) is 16.7. The van der Waals surface area contributed by atoms with E-state index in [4.69, 9.17) is 4.74 Å². The van der Waals surface area contributed by atoms with E-state index in [-0.39, 0.29) is 17.9 Å². The smallest absolute Gasteiger partial charge is 0.255 e. The van der Waals surface area contributed by atoms with E-state index in [0.717, 1.165) is 68.6 Å². The van der Waals surface area contributed by atoms with Crippen molar-refractivity contribution in [3.63, 3.8) is 0 Å². The summed E-state index contributed by atoms with van der Waals surface area (Å²) in [5.41, 5.74) is 1.87. The van der Waals surface area contributed by atoms with Crippen molar-refractivity contribution < 1.29 is 14.6 Å². The van der Waals surface area contributed by atoms with Crippen molar-refractivity contribution >= 4 is 21.8 Å². The Balaban J connectivity index is 1.53. The third-order valence-electron chi connectivity index (χ3n) is 6.26. The number of halogens is 1. The number of fused-ring (bicyclic) bond motifs is 1. The predicted octanol–water partition coefficient (Wildman–Crippen LogP) is 2.45. The maximum absolute atomic E-state index is 13.1. The average Bonchev–Trinajstić information content (AvgIpc) is 3.32. The third kappa shape index (κ3) is 2.63. The molecule has 6 heteroatoms. The van der Waals surface area contributed by atoms with Crippen LogP contribution in [0.2, 0.25) is 0 Å². The molecular formula is C18H25BrN2O3. The average molecular weight is 397 g/mol. The zero-order valence-electron chi connectivity index (χ0n) is 14.0. The van der Waals surface area contributed by atoms with Gasteiger partial charge in [0.15, 0.2) is 0 Å². The minimum Gasteiger partial charge on any atom is -0.396 e. The fourth-order valence-corrected chi connectivity index (χ4v) is 5.42. The van der Waals surface area contributed by atoms with Crippen LogP contribution in [-0.2, 0) is 17.7 Å². The summed E-state index contributed by atoms with van der Waals surface area (Å²) in [6.45, 7) is 4.14. The van der Waals surface area contributed by atoms with Crippen molar-refractivity contribution in [1.29, 1.82) is 0 Å². The Morgan fingerprint density at radius 2 is 2.17 bits per heavy atom. The van der Waals surface area contributed by atoms with Crippen molar-refractivity contribution in [3.8, 4) is 0 Å². The maximum Gasteiger partial charge on any atom is 0.255 e. The number of hydrogen-bond donors (Lipinski definition) is 1. The number of rotatable bonds is 3. The van der Waals surface area contributed by atoms with Crippen molar-refractivity contribution in [2.24, 2.45) is 11.3 Å². The van der Waals surface area contributed by atoms with Crippen LogP contribution in [-0.4, -0.2) is 53.4 Å². The Labute approximate surface area is 151 Å². The third-order valence-corrected chi connectivity index (χ3v) is 6.92. The number of carbonyl (C=O) groups excluding carboxylic acids is 1. The van der Waals surface area contributed by atoms with E-state index < -0.39 is 0 Å². The van der Waals surface area contributed by atoms with Gasteiger partial charge < -0.3 is 19.3 Å². The van der Waals surface area contributed by atoms with Gasteiger partial charge in [-0.25, -0.2) is 0 Å². The number of amides is 1. The van der Waals surface area contributed by atoms with Crippen molar-refractivity contribution in [2.45, 2.75) is 38.6 Å². The first-order chi connectivity index (χ1) is 11.6. The number of aliphatic hydroxyl groups excluding tert-OH is 1. The fourth-order valence-electron chi connectivity index (χ4n) is 4.80. The van der Waals surface area contributed by atoms with Crippen LogP contribution in [0.1, 0.15) is 41.7 Å². The van der Waals surface area contributed by atoms with Gasteiger partial charge in [-0.3, -0.25) is 4.79 Å². The first-order valence-corrected chi connectivity index (χ1v) is 9.80. The summed E-state index contributed by atoms with van der Waals surface area (Å²) in [5, 5.41) is 10.1. The molecule has 4 heterocycles. The van der Waals surface area contributed by atoms with E-state index in [1.54, 1.807) is 0 Å². The van der Waals surface area contributed by atoms with Crippen LogP contribution in [0.15, 0.2) is 10.7 Å². The van der Waals surface area contributed by atoms with Crippen LogP contribution < -0.4 is 0 Å². The van der Waals surface area contributed by atoms with Gasteiger partial charge in [-0.2, -0.15) is 0 Å². The predicted molar refractivity (Wildman–Crippen MR) is 94.0 cm³/mol. The highest BCUT2D eigenvalue weighted by atomic mass is 79.9. The molecule has 1 unspecified atom stereocenters. The first kappa shape index (κ1) is 16.6. The summed E-state index contributed by atoms with van der Waals surface area (Å²) in [4.78, 5) is 15.1. The second kappa shape index (κ2) is 6.46. The molecule has 3 aliphatic rings. The molecule has 0 bridgehead atoms. The number of hydrogen-bond acceptors (Lipinski definition) is 3. The van der Waals surface area contributed by atoms with Gasteiger partial charge in [0.2, 0.25) is 0 Å². The quantitative estimate of drug-likeness (QED) is 0.853. The van der Waals surface area contributed by atoms with E-state index >= 15 is 0 Å². The number of carbonyl (C=O) groups is 1. The van der Waals surface area contributed by atoms with Crippen molar-refractivity contribution in [1.82, 2.24) is 9.47 Å². The number of ether oxygens (including phenoxy) is 1. The number of nitrogens with zero attached hydrogens (tertiary/aromatic N) is 2. The summed E-state index contributed by atoms with van der Waals surface area (Å²) in [7, 11) is 0. The van der Waals surface area contributed by atoms with Gasteiger partial charge in [-0.05, 0) is 60.0 Å². The second-order valence-electron chi connectivity index (χ2n) is 7.47. The minimum absolute atomic E-state index is 0.133. The van der Waals surface area contributed by atoms with E-state index in [9.17, 15) is 9.90 Å². The van der Waals surface area contributed by atoms with Crippen molar-refractivity contribution in [3.05, 3.63) is 21.9 Å². The Kier molecular flexibility index (Phi) is 4.47. The van der Waals surface area contributed by atoms with Gasteiger partial charge >= 0.3 is 0 Å². The van der Waals surface area contributed by atoms with Crippen LogP contribution in [0.5, 0.6) is 0 Å². The van der Waals surface area contributed by atoms with Gasteiger partial charge in [0.25, 0.3) is 5.91 Å². The van der Waals surface area contributed by atoms with Gasteiger partial charge in [-0.15, -0.1) is 0 Å². The lowest BCUT2D eigenvalue weighted by atomic mass is 9.71. The molecule has 1 aromatic heterocycles. The lowest BCUT2D eigenvalue weighted by Gasteiger charge is -2.38. The molecular weight excluding hydrogens is 372 g/mol. The summed E-state index contributed by atoms with van der Waals surface area (Å²) in [6.07, 6.45) is 4.98. The molecule has 1 N–H and O–H groups in total. The fraction of sp³-hybridized carbons (Fsp3) is 0.722. The van der Waals surface area contributed by atoms with Gasteiger partial charge in [0, 0.05) is 44.0 Å². The first-order valence-electron chi connectivity index (χ1n) is 9.00. The van der Waals surface area contributed by atoms with Gasteiger partial charge in [0.1, 0.15) is 0 Å². The van der Waals surface area contributed by atoms with E-state index in [2.05, 4.69) is 20.5 Å². The Bertz CT molecular complexity index is 638. The molecule has 3 aliphatic heterocycles. The van der Waals surface area contributed by atoms with E-state index in [1.165, 1.54) is 5.69 Å². The number of aromatic nitrogens is 1. The standard InChI is InChI=1S/C18H25BrN2O3/c19-16-10-14(15-2-1-6-21(15)16)17(23)20-7-5-18(11-20,12-22)13-3-8-24-9-4-13/h10,13,22H,1-9,11-12H2. The van der Waals surface area contributed by atoms with E-state index in [0.29, 0.717) is 12.5 Å².